The molecule has 0 aromatic carbocycles. The lowest BCUT2D eigenvalue weighted by Gasteiger charge is -2.19. The third-order valence-corrected chi connectivity index (χ3v) is 2.31. The van der Waals surface area contributed by atoms with E-state index < -0.39 is 0 Å². The van der Waals surface area contributed by atoms with Crippen LogP contribution in [-0.4, -0.2) is 17.9 Å². The number of carbonyl (C=O) groups is 1. The summed E-state index contributed by atoms with van der Waals surface area (Å²) in [5, 5.41) is 0. The lowest BCUT2D eigenvalue weighted by atomic mass is 10.1. The lowest BCUT2D eigenvalue weighted by Crippen LogP contribution is -2.11. The van der Waals surface area contributed by atoms with Gasteiger partial charge in [0, 0.05) is 6.61 Å². The van der Waals surface area contributed by atoms with Crippen molar-refractivity contribution in [1.29, 1.82) is 0 Å². The first kappa shape index (κ1) is 9.40. The first-order chi connectivity index (χ1) is 6.90. The van der Waals surface area contributed by atoms with Crippen LogP contribution in [0.25, 0.3) is 0 Å². The van der Waals surface area contributed by atoms with Crippen LogP contribution >= 0.6 is 0 Å². The maximum Gasteiger partial charge on any atom is 0.223 e. The summed E-state index contributed by atoms with van der Waals surface area (Å²) in [6.07, 6.45) is 5.91. The molecule has 0 amide bonds. The minimum Gasteiger partial charge on any atom is -0.442 e. The van der Waals surface area contributed by atoms with Gasteiger partial charge >= 0.3 is 0 Å². The molecule has 4 heteroatoms. The van der Waals surface area contributed by atoms with Gasteiger partial charge in [0.25, 0.3) is 0 Å². The molecule has 76 valence electrons. The van der Waals surface area contributed by atoms with E-state index in [9.17, 15) is 4.79 Å². The molecule has 0 radical (unpaired) electrons. The molecule has 1 saturated heterocycles. The average Bonchev–Trinajstić information content (AvgIpc) is 2.68. The van der Waals surface area contributed by atoms with Crippen LogP contribution in [0.15, 0.2) is 10.6 Å². The van der Waals surface area contributed by atoms with Gasteiger partial charge in [-0.2, -0.15) is 0 Å². The highest BCUT2D eigenvalue weighted by atomic mass is 16.5. The zero-order chi connectivity index (χ0) is 9.80. The fourth-order valence-corrected chi connectivity index (χ4v) is 1.58. The quantitative estimate of drug-likeness (QED) is 0.688. The van der Waals surface area contributed by atoms with Crippen molar-refractivity contribution in [3.63, 3.8) is 0 Å². The molecule has 0 aliphatic carbocycles. The Morgan fingerprint density at radius 2 is 2.50 bits per heavy atom. The highest BCUT2D eigenvalue weighted by molar-refractivity contribution is 5.52. The molecule has 2 heterocycles. The van der Waals surface area contributed by atoms with Crippen LogP contribution in [0.4, 0.5) is 0 Å². The molecule has 1 aliphatic rings. The van der Waals surface area contributed by atoms with E-state index in [4.69, 9.17) is 9.15 Å². The Kier molecular flexibility index (Phi) is 2.93. The molecular formula is C10H13NO3. The van der Waals surface area contributed by atoms with Crippen molar-refractivity contribution in [2.75, 3.05) is 6.61 Å². The largest absolute Gasteiger partial charge is 0.442 e. The number of carbonyl (C=O) groups excluding carboxylic acids is 1. The molecule has 0 spiro atoms. The number of nitrogens with zero attached hydrogens (tertiary/aromatic N) is 1. The van der Waals surface area contributed by atoms with E-state index in [-0.39, 0.29) is 6.10 Å². The number of oxazole rings is 1. The number of aromatic nitrogens is 1. The number of ether oxygens (including phenoxy) is 1. The summed E-state index contributed by atoms with van der Waals surface area (Å²) >= 11 is 0. The van der Waals surface area contributed by atoms with E-state index in [0.717, 1.165) is 32.2 Å². The molecule has 1 aromatic heterocycles. The Balaban J connectivity index is 2.03. The highest BCUT2D eigenvalue weighted by Gasteiger charge is 2.20. The molecule has 1 atom stereocenters. The van der Waals surface area contributed by atoms with Crippen LogP contribution in [0.5, 0.6) is 0 Å². The van der Waals surface area contributed by atoms with Crippen molar-refractivity contribution in [3.8, 4) is 0 Å². The molecule has 0 saturated carbocycles. The molecular weight excluding hydrogens is 182 g/mol. The van der Waals surface area contributed by atoms with Crippen LogP contribution in [0.1, 0.15) is 37.0 Å². The van der Waals surface area contributed by atoms with Gasteiger partial charge in [-0.25, -0.2) is 4.98 Å². The molecule has 4 nitrogen and oxygen atoms in total. The first-order valence-corrected chi connectivity index (χ1v) is 4.90. The second-order valence-corrected chi connectivity index (χ2v) is 3.39. The Bertz CT molecular complexity index is 302. The number of hydrogen-bond acceptors (Lipinski definition) is 4. The number of hydrogen-bond donors (Lipinski definition) is 0. The Labute approximate surface area is 82.3 Å². The van der Waals surface area contributed by atoms with Crippen molar-refractivity contribution < 1.29 is 13.9 Å². The third-order valence-electron chi connectivity index (χ3n) is 2.31. The Morgan fingerprint density at radius 1 is 1.57 bits per heavy atom. The smallest absolute Gasteiger partial charge is 0.223 e. The molecule has 0 bridgehead atoms. The van der Waals surface area contributed by atoms with Crippen molar-refractivity contribution >= 4 is 6.29 Å². The van der Waals surface area contributed by atoms with Crippen molar-refractivity contribution in [2.24, 2.45) is 0 Å². The van der Waals surface area contributed by atoms with E-state index in [0.29, 0.717) is 18.1 Å². The second kappa shape index (κ2) is 4.37. The van der Waals surface area contributed by atoms with E-state index in [1.165, 1.54) is 0 Å². The van der Waals surface area contributed by atoms with Crippen LogP contribution in [0.3, 0.4) is 0 Å². The fourth-order valence-electron chi connectivity index (χ4n) is 1.58. The van der Waals surface area contributed by atoms with E-state index in [2.05, 4.69) is 4.98 Å². The zero-order valence-electron chi connectivity index (χ0n) is 7.94. The van der Waals surface area contributed by atoms with Crippen LogP contribution < -0.4 is 0 Å². The Morgan fingerprint density at radius 3 is 3.21 bits per heavy atom. The van der Waals surface area contributed by atoms with Gasteiger partial charge in [-0.05, 0) is 19.3 Å². The summed E-state index contributed by atoms with van der Waals surface area (Å²) in [5.74, 6) is 1.23. The van der Waals surface area contributed by atoms with Gasteiger partial charge in [0.1, 0.15) is 18.2 Å². The van der Waals surface area contributed by atoms with Gasteiger partial charge in [-0.3, -0.25) is 0 Å². The van der Waals surface area contributed by atoms with Crippen LogP contribution in [0.2, 0.25) is 0 Å². The number of rotatable bonds is 3. The minimum atomic E-state index is -0.0100. The van der Waals surface area contributed by atoms with Gasteiger partial charge in [-0.1, -0.05) is 0 Å². The number of aldehydes is 1. The molecule has 1 fully saturated rings. The van der Waals surface area contributed by atoms with E-state index >= 15 is 0 Å². The molecule has 14 heavy (non-hydrogen) atoms. The van der Waals surface area contributed by atoms with Crippen molar-refractivity contribution in [3.05, 3.63) is 17.8 Å². The molecule has 0 N–H and O–H groups in total. The predicted molar refractivity (Wildman–Crippen MR) is 48.8 cm³/mol. The summed E-state index contributed by atoms with van der Waals surface area (Å²) in [6.45, 7) is 0.774. The third kappa shape index (κ3) is 2.01. The maximum absolute atomic E-state index is 10.2. The van der Waals surface area contributed by atoms with Gasteiger partial charge in [0.15, 0.2) is 0 Å². The van der Waals surface area contributed by atoms with Gasteiger partial charge in [0.2, 0.25) is 5.89 Å². The van der Waals surface area contributed by atoms with Crippen LogP contribution in [-0.2, 0) is 16.0 Å². The second-order valence-electron chi connectivity index (χ2n) is 3.39. The van der Waals surface area contributed by atoms with Gasteiger partial charge in [-0.15, -0.1) is 0 Å². The molecule has 1 aromatic rings. The fraction of sp³-hybridized carbons (Fsp3) is 0.600. The zero-order valence-corrected chi connectivity index (χ0v) is 7.94. The maximum atomic E-state index is 10.2. The summed E-state index contributed by atoms with van der Waals surface area (Å²) < 4.78 is 10.9. The molecule has 1 unspecified atom stereocenters. The summed E-state index contributed by atoms with van der Waals surface area (Å²) in [4.78, 5) is 14.3. The molecule has 1 aliphatic heterocycles. The monoisotopic (exact) mass is 195 g/mol. The van der Waals surface area contributed by atoms with Gasteiger partial charge < -0.3 is 13.9 Å². The van der Waals surface area contributed by atoms with E-state index in [1.54, 1.807) is 6.20 Å². The summed E-state index contributed by atoms with van der Waals surface area (Å²) in [6, 6.07) is 0. The first-order valence-electron chi connectivity index (χ1n) is 4.90. The normalized spacial score (nSPS) is 22.1. The highest BCUT2D eigenvalue weighted by Crippen LogP contribution is 2.27. The molecule has 2 rings (SSSR count). The Hall–Kier alpha value is -1.16. The average molecular weight is 195 g/mol. The van der Waals surface area contributed by atoms with E-state index in [1.807, 2.05) is 0 Å². The summed E-state index contributed by atoms with van der Waals surface area (Å²) in [5.41, 5.74) is 0. The SMILES string of the molecule is O=CCc1cnc(C2CCCCO2)o1. The van der Waals surface area contributed by atoms with Crippen LogP contribution in [0, 0.1) is 0 Å². The van der Waals surface area contributed by atoms with Crippen molar-refractivity contribution in [1.82, 2.24) is 4.98 Å². The minimum absolute atomic E-state index is 0.0100. The van der Waals surface area contributed by atoms with Gasteiger partial charge in [0.05, 0.1) is 12.6 Å². The lowest BCUT2D eigenvalue weighted by molar-refractivity contribution is -0.107. The topological polar surface area (TPSA) is 52.3 Å². The standard InChI is InChI=1S/C10H13NO3/c12-5-4-8-7-11-10(14-8)9-3-1-2-6-13-9/h5,7,9H,1-4,6H2. The van der Waals surface area contributed by atoms with Crippen molar-refractivity contribution in [2.45, 2.75) is 31.8 Å². The predicted octanol–water partition coefficient (Wildman–Crippen LogP) is 1.66. The summed E-state index contributed by atoms with van der Waals surface area (Å²) in [7, 11) is 0.